The van der Waals surface area contributed by atoms with Crippen molar-refractivity contribution >= 4 is 42.6 Å². The molecule has 0 radical (unpaired) electrons. The number of benzene rings is 1. The summed E-state index contributed by atoms with van der Waals surface area (Å²) in [5, 5.41) is 0.960. The number of methoxy groups -OCH3 is 1. The Morgan fingerprint density at radius 3 is 2.66 bits per heavy atom. The van der Waals surface area contributed by atoms with Gasteiger partial charge < -0.3 is 14.5 Å². The highest BCUT2D eigenvalue weighted by Crippen LogP contribution is 2.32. The summed E-state index contributed by atoms with van der Waals surface area (Å²) < 4.78 is 31.5. The van der Waals surface area contributed by atoms with Crippen molar-refractivity contribution in [2.75, 3.05) is 57.5 Å². The van der Waals surface area contributed by atoms with Gasteiger partial charge in [-0.3, -0.25) is 4.79 Å². The highest BCUT2D eigenvalue weighted by atomic mass is 32.2. The van der Waals surface area contributed by atoms with Crippen molar-refractivity contribution in [1.82, 2.24) is 14.2 Å². The molecule has 0 saturated carbocycles. The molecule has 4 rings (SSSR count). The van der Waals surface area contributed by atoms with Crippen LogP contribution in [0.4, 0.5) is 5.13 Å². The van der Waals surface area contributed by atoms with Crippen LogP contribution in [0.15, 0.2) is 18.2 Å². The molecule has 2 aromatic rings. The van der Waals surface area contributed by atoms with E-state index in [1.54, 1.807) is 18.4 Å². The van der Waals surface area contributed by atoms with Crippen LogP contribution in [0.2, 0.25) is 0 Å². The van der Waals surface area contributed by atoms with Crippen LogP contribution in [0.1, 0.15) is 12.8 Å². The first-order valence-electron chi connectivity index (χ1n) is 9.78. The van der Waals surface area contributed by atoms with Crippen molar-refractivity contribution in [2.45, 2.75) is 12.8 Å². The Bertz CT molecular complexity index is 999. The third-order valence-electron chi connectivity index (χ3n) is 5.65. The number of rotatable bonds is 4. The van der Waals surface area contributed by atoms with Gasteiger partial charge >= 0.3 is 0 Å². The fraction of sp³-hybridized carbons (Fsp3) is 0.579. The van der Waals surface area contributed by atoms with Gasteiger partial charge in [-0.15, -0.1) is 0 Å². The zero-order chi connectivity index (χ0) is 20.6. The lowest BCUT2D eigenvalue weighted by Gasteiger charge is -2.38. The minimum absolute atomic E-state index is 0.0760. The molecule has 2 aliphatic heterocycles. The molecule has 0 N–H and O–H groups in total. The lowest BCUT2D eigenvalue weighted by molar-refractivity contribution is -0.137. The number of anilines is 1. The first kappa shape index (κ1) is 20.4. The van der Waals surface area contributed by atoms with Gasteiger partial charge in [0.15, 0.2) is 5.13 Å². The number of hydrogen-bond acceptors (Lipinski definition) is 7. The SMILES string of the molecule is COc1ccc2nc(N3CCN(C(=O)C4CCCN(S(C)(=O)=O)C4)CC3)sc2c1. The van der Waals surface area contributed by atoms with Crippen LogP contribution in [0.25, 0.3) is 10.2 Å². The van der Waals surface area contributed by atoms with Crippen molar-refractivity contribution < 1.29 is 17.9 Å². The number of piperazine rings is 1. The number of ether oxygens (including phenoxy) is 1. The molecule has 0 aliphatic carbocycles. The highest BCUT2D eigenvalue weighted by molar-refractivity contribution is 7.88. The quantitative estimate of drug-likeness (QED) is 0.722. The number of fused-ring (bicyclic) bond motifs is 1. The summed E-state index contributed by atoms with van der Waals surface area (Å²) in [7, 11) is -1.59. The number of nitrogens with zero attached hydrogens (tertiary/aromatic N) is 4. The fourth-order valence-corrected chi connectivity index (χ4v) is 5.93. The van der Waals surface area contributed by atoms with E-state index in [1.165, 1.54) is 10.6 Å². The van der Waals surface area contributed by atoms with Gasteiger partial charge in [0.1, 0.15) is 5.75 Å². The molecule has 2 aliphatic rings. The number of aromatic nitrogens is 1. The molecule has 0 spiro atoms. The van der Waals surface area contributed by atoms with Crippen LogP contribution >= 0.6 is 11.3 Å². The number of thiazole rings is 1. The van der Waals surface area contributed by atoms with Crippen LogP contribution in [-0.4, -0.2) is 81.1 Å². The molecule has 10 heteroatoms. The van der Waals surface area contributed by atoms with Gasteiger partial charge in [-0.1, -0.05) is 11.3 Å². The van der Waals surface area contributed by atoms with Gasteiger partial charge in [0.05, 0.1) is 29.5 Å². The van der Waals surface area contributed by atoms with Gasteiger partial charge in [-0.25, -0.2) is 17.7 Å². The third kappa shape index (κ3) is 4.34. The van der Waals surface area contributed by atoms with E-state index in [1.807, 2.05) is 23.1 Å². The Morgan fingerprint density at radius 2 is 1.97 bits per heavy atom. The fourth-order valence-electron chi connectivity index (χ4n) is 3.98. The van der Waals surface area contributed by atoms with Gasteiger partial charge in [0, 0.05) is 39.3 Å². The lowest BCUT2D eigenvalue weighted by atomic mass is 9.98. The van der Waals surface area contributed by atoms with Crippen LogP contribution in [0.3, 0.4) is 0 Å². The predicted molar refractivity (Wildman–Crippen MR) is 114 cm³/mol. The maximum Gasteiger partial charge on any atom is 0.227 e. The number of hydrogen-bond donors (Lipinski definition) is 0. The Kier molecular flexibility index (Phi) is 5.67. The predicted octanol–water partition coefficient (Wildman–Crippen LogP) is 1.63. The molecule has 3 heterocycles. The van der Waals surface area contributed by atoms with Crippen molar-refractivity contribution in [3.63, 3.8) is 0 Å². The molecule has 2 fully saturated rings. The second kappa shape index (κ2) is 8.08. The Morgan fingerprint density at radius 1 is 1.21 bits per heavy atom. The second-order valence-electron chi connectivity index (χ2n) is 7.60. The van der Waals surface area contributed by atoms with E-state index in [9.17, 15) is 13.2 Å². The van der Waals surface area contributed by atoms with E-state index >= 15 is 0 Å². The van der Waals surface area contributed by atoms with Crippen LogP contribution in [0, 0.1) is 5.92 Å². The molecule has 158 valence electrons. The van der Waals surface area contributed by atoms with Gasteiger partial charge in [0.2, 0.25) is 15.9 Å². The minimum Gasteiger partial charge on any atom is -0.497 e. The zero-order valence-electron chi connectivity index (χ0n) is 16.7. The monoisotopic (exact) mass is 438 g/mol. The van der Waals surface area contributed by atoms with Crippen molar-refractivity contribution in [3.8, 4) is 5.75 Å². The normalized spacial score (nSPS) is 21.5. The van der Waals surface area contributed by atoms with Gasteiger partial charge in [-0.2, -0.15) is 0 Å². The summed E-state index contributed by atoms with van der Waals surface area (Å²) in [5.41, 5.74) is 0.951. The number of sulfonamides is 1. The molecule has 1 aromatic heterocycles. The number of carbonyl (C=O) groups excluding carboxylic acids is 1. The summed E-state index contributed by atoms with van der Waals surface area (Å²) in [6.07, 6.45) is 2.70. The third-order valence-corrected chi connectivity index (χ3v) is 8.00. The second-order valence-corrected chi connectivity index (χ2v) is 10.6. The lowest BCUT2D eigenvalue weighted by Crippen LogP contribution is -2.53. The minimum atomic E-state index is -3.25. The molecule has 1 aromatic carbocycles. The Hall–Kier alpha value is -1.91. The average Bonchev–Trinajstić information content (AvgIpc) is 3.16. The zero-order valence-corrected chi connectivity index (χ0v) is 18.3. The van der Waals surface area contributed by atoms with Gasteiger partial charge in [0.25, 0.3) is 0 Å². The van der Waals surface area contributed by atoms with Crippen LogP contribution < -0.4 is 9.64 Å². The smallest absolute Gasteiger partial charge is 0.227 e. The highest BCUT2D eigenvalue weighted by Gasteiger charge is 2.34. The van der Waals surface area contributed by atoms with Crippen LogP contribution in [-0.2, 0) is 14.8 Å². The largest absolute Gasteiger partial charge is 0.497 e. The average molecular weight is 439 g/mol. The molecule has 1 unspecified atom stereocenters. The molecule has 1 amide bonds. The maximum atomic E-state index is 12.9. The van der Waals surface area contributed by atoms with E-state index in [0.29, 0.717) is 26.2 Å². The van der Waals surface area contributed by atoms with E-state index in [0.717, 1.165) is 47.0 Å². The van der Waals surface area contributed by atoms with E-state index < -0.39 is 10.0 Å². The summed E-state index contributed by atoms with van der Waals surface area (Å²) in [4.78, 5) is 21.8. The summed E-state index contributed by atoms with van der Waals surface area (Å²) >= 11 is 1.63. The maximum absolute atomic E-state index is 12.9. The first-order chi connectivity index (χ1) is 13.8. The Labute approximate surface area is 175 Å². The molecular formula is C19H26N4O4S2. The summed E-state index contributed by atoms with van der Waals surface area (Å²) in [6.45, 7) is 3.54. The summed E-state index contributed by atoms with van der Waals surface area (Å²) in [5.74, 6) is 0.658. The number of amides is 1. The van der Waals surface area contributed by atoms with E-state index in [-0.39, 0.29) is 11.8 Å². The first-order valence-corrected chi connectivity index (χ1v) is 12.4. The molecule has 1 atom stereocenters. The van der Waals surface area contributed by atoms with Crippen molar-refractivity contribution in [3.05, 3.63) is 18.2 Å². The standard InChI is InChI=1S/C19H26N4O4S2/c1-27-15-5-6-16-17(12-15)28-19(20-16)22-10-8-21(9-11-22)18(24)14-4-3-7-23(13-14)29(2,25)26/h5-6,12,14H,3-4,7-11,13H2,1-2H3. The molecule has 8 nitrogen and oxygen atoms in total. The van der Waals surface area contributed by atoms with Gasteiger partial charge in [-0.05, 0) is 31.0 Å². The number of carbonyl (C=O) groups is 1. The molecule has 0 bridgehead atoms. The van der Waals surface area contributed by atoms with Crippen molar-refractivity contribution in [2.24, 2.45) is 5.92 Å². The molecule has 2 saturated heterocycles. The molecule has 29 heavy (non-hydrogen) atoms. The summed E-state index contributed by atoms with van der Waals surface area (Å²) in [6, 6.07) is 5.86. The topological polar surface area (TPSA) is 83.1 Å². The van der Waals surface area contributed by atoms with Crippen LogP contribution in [0.5, 0.6) is 5.75 Å². The van der Waals surface area contributed by atoms with E-state index in [4.69, 9.17) is 9.72 Å². The number of piperidine rings is 1. The van der Waals surface area contributed by atoms with E-state index in [2.05, 4.69) is 4.90 Å². The molecular weight excluding hydrogens is 412 g/mol. The Balaban J connectivity index is 1.38. The van der Waals surface area contributed by atoms with Crippen molar-refractivity contribution in [1.29, 1.82) is 0 Å².